The fourth-order valence-electron chi connectivity index (χ4n) is 2.32. The maximum Gasteiger partial charge on any atom is 0.299 e. The highest BCUT2D eigenvalue weighted by Gasteiger charge is 2.39. The minimum absolute atomic E-state index is 0.103. The van der Waals surface area contributed by atoms with Crippen molar-refractivity contribution in [3.63, 3.8) is 0 Å². The molecule has 8 heteroatoms. The van der Waals surface area contributed by atoms with E-state index in [-0.39, 0.29) is 17.8 Å². The number of ketones is 1. The van der Waals surface area contributed by atoms with E-state index in [0.717, 1.165) is 11.0 Å². The number of benzene rings is 1. The van der Waals surface area contributed by atoms with Crippen LogP contribution in [0.4, 0.5) is 14.5 Å². The zero-order valence-corrected chi connectivity index (χ0v) is 11.0. The molecule has 1 aromatic heterocycles. The molecule has 0 atom stereocenters. The highest BCUT2D eigenvalue weighted by atomic mass is 19.1. The Morgan fingerprint density at radius 1 is 1.24 bits per heavy atom. The topological polar surface area (TPSA) is 68.1 Å². The van der Waals surface area contributed by atoms with Crippen molar-refractivity contribution in [1.29, 1.82) is 0 Å². The fraction of sp³-hybridized carbons (Fsp3) is 0.231. The Balaban J connectivity index is 2.06. The number of halogens is 2. The van der Waals surface area contributed by atoms with Gasteiger partial charge in [0.25, 0.3) is 11.7 Å². The van der Waals surface area contributed by atoms with Crippen molar-refractivity contribution in [2.24, 2.45) is 0 Å². The second-order valence-electron chi connectivity index (χ2n) is 4.50. The van der Waals surface area contributed by atoms with Crippen LogP contribution >= 0.6 is 0 Å². The number of rotatable bonds is 3. The first-order chi connectivity index (χ1) is 10.0. The molecule has 0 unspecified atom stereocenters. The molecule has 0 fully saturated rings. The van der Waals surface area contributed by atoms with Crippen LogP contribution in [0.5, 0.6) is 0 Å². The highest BCUT2D eigenvalue weighted by Crippen LogP contribution is 2.33. The van der Waals surface area contributed by atoms with Gasteiger partial charge >= 0.3 is 0 Å². The van der Waals surface area contributed by atoms with Crippen LogP contribution in [0.15, 0.2) is 18.5 Å². The SMILES string of the molecule is CCn1ncnc1CN1C(=O)C(=O)c2cc(F)cc(F)c21. The van der Waals surface area contributed by atoms with E-state index in [2.05, 4.69) is 10.1 Å². The van der Waals surface area contributed by atoms with Gasteiger partial charge in [-0.05, 0) is 13.0 Å². The van der Waals surface area contributed by atoms with Crippen LogP contribution in [-0.2, 0) is 17.9 Å². The molecule has 0 radical (unpaired) electrons. The third kappa shape index (κ3) is 1.99. The lowest BCUT2D eigenvalue weighted by molar-refractivity contribution is -0.114. The predicted molar refractivity (Wildman–Crippen MR) is 67.6 cm³/mol. The monoisotopic (exact) mass is 292 g/mol. The summed E-state index contributed by atoms with van der Waals surface area (Å²) in [6.45, 7) is 2.25. The van der Waals surface area contributed by atoms with E-state index in [1.165, 1.54) is 11.0 Å². The van der Waals surface area contributed by atoms with Crippen LogP contribution in [0.2, 0.25) is 0 Å². The molecule has 1 amide bonds. The van der Waals surface area contributed by atoms with Gasteiger partial charge in [0, 0.05) is 12.6 Å². The molecule has 0 N–H and O–H groups in total. The second-order valence-corrected chi connectivity index (χ2v) is 4.50. The van der Waals surface area contributed by atoms with E-state index in [0.29, 0.717) is 18.4 Å². The first-order valence-electron chi connectivity index (χ1n) is 6.24. The lowest BCUT2D eigenvalue weighted by Gasteiger charge is -2.16. The minimum atomic E-state index is -0.952. The van der Waals surface area contributed by atoms with Gasteiger partial charge in [-0.2, -0.15) is 5.10 Å². The molecule has 2 aromatic rings. The highest BCUT2D eigenvalue weighted by molar-refractivity contribution is 6.52. The Bertz CT molecular complexity index is 757. The number of carbonyl (C=O) groups excluding carboxylic acids is 2. The number of aryl methyl sites for hydroxylation is 1. The number of carbonyl (C=O) groups is 2. The zero-order valence-electron chi connectivity index (χ0n) is 11.0. The van der Waals surface area contributed by atoms with Crippen molar-refractivity contribution in [1.82, 2.24) is 14.8 Å². The average molecular weight is 292 g/mol. The molecule has 2 heterocycles. The Hall–Kier alpha value is -2.64. The molecule has 0 bridgehead atoms. The number of anilines is 1. The Labute approximate surface area is 118 Å². The van der Waals surface area contributed by atoms with Crippen molar-refractivity contribution in [2.75, 3.05) is 4.90 Å². The van der Waals surface area contributed by atoms with E-state index in [1.54, 1.807) is 0 Å². The van der Waals surface area contributed by atoms with Crippen LogP contribution in [0.1, 0.15) is 23.1 Å². The number of hydrogen-bond acceptors (Lipinski definition) is 4. The Kier molecular flexibility index (Phi) is 3.00. The summed E-state index contributed by atoms with van der Waals surface area (Å²) >= 11 is 0. The summed E-state index contributed by atoms with van der Waals surface area (Å²) in [5, 5.41) is 3.94. The maximum absolute atomic E-state index is 13.9. The molecule has 0 aliphatic carbocycles. The van der Waals surface area contributed by atoms with Crippen molar-refractivity contribution >= 4 is 17.4 Å². The van der Waals surface area contributed by atoms with Gasteiger partial charge < -0.3 is 0 Å². The molecule has 0 spiro atoms. The minimum Gasteiger partial charge on any atom is -0.294 e. The average Bonchev–Trinajstić information content (AvgIpc) is 2.98. The first kappa shape index (κ1) is 13.3. The predicted octanol–water partition coefficient (Wildman–Crippen LogP) is 1.31. The van der Waals surface area contributed by atoms with Gasteiger partial charge in [-0.25, -0.2) is 18.4 Å². The van der Waals surface area contributed by atoms with E-state index < -0.39 is 23.3 Å². The van der Waals surface area contributed by atoms with Crippen LogP contribution in [0, 0.1) is 11.6 Å². The molecule has 6 nitrogen and oxygen atoms in total. The normalized spacial score (nSPS) is 14.0. The third-order valence-electron chi connectivity index (χ3n) is 3.28. The lowest BCUT2D eigenvalue weighted by Crippen LogP contribution is -2.31. The molecule has 1 aromatic carbocycles. The number of Topliss-reactive ketones (excluding diaryl/α,β-unsaturated/α-hetero) is 1. The Morgan fingerprint density at radius 2 is 2.00 bits per heavy atom. The molecule has 1 aliphatic rings. The lowest BCUT2D eigenvalue weighted by atomic mass is 10.1. The number of fused-ring (bicyclic) bond motifs is 1. The fourth-order valence-corrected chi connectivity index (χ4v) is 2.32. The number of aromatic nitrogens is 3. The molecule has 0 saturated carbocycles. The summed E-state index contributed by atoms with van der Waals surface area (Å²) in [6, 6.07) is 1.51. The van der Waals surface area contributed by atoms with Gasteiger partial charge in [-0.3, -0.25) is 14.5 Å². The first-order valence-corrected chi connectivity index (χ1v) is 6.24. The van der Waals surface area contributed by atoms with Crippen molar-refractivity contribution in [2.45, 2.75) is 20.0 Å². The van der Waals surface area contributed by atoms with Crippen LogP contribution in [-0.4, -0.2) is 26.5 Å². The molecule has 1 aliphatic heterocycles. The number of hydrogen-bond donors (Lipinski definition) is 0. The van der Waals surface area contributed by atoms with Gasteiger partial charge in [-0.15, -0.1) is 0 Å². The summed E-state index contributed by atoms with van der Waals surface area (Å²) in [7, 11) is 0. The largest absolute Gasteiger partial charge is 0.299 e. The smallest absolute Gasteiger partial charge is 0.294 e. The van der Waals surface area contributed by atoms with Crippen LogP contribution < -0.4 is 4.90 Å². The summed E-state index contributed by atoms with van der Waals surface area (Å²) in [6.07, 6.45) is 1.31. The number of nitrogens with zero attached hydrogens (tertiary/aromatic N) is 4. The number of amides is 1. The van der Waals surface area contributed by atoms with Gasteiger partial charge in [0.05, 0.1) is 17.8 Å². The molecule has 0 saturated heterocycles. The Morgan fingerprint density at radius 3 is 2.71 bits per heavy atom. The van der Waals surface area contributed by atoms with E-state index in [9.17, 15) is 18.4 Å². The molecule has 108 valence electrons. The zero-order chi connectivity index (χ0) is 15.1. The van der Waals surface area contributed by atoms with Crippen molar-refractivity contribution in [3.05, 3.63) is 41.5 Å². The second kappa shape index (κ2) is 4.72. The summed E-state index contributed by atoms with van der Waals surface area (Å²) < 4.78 is 28.7. The summed E-state index contributed by atoms with van der Waals surface area (Å²) in [5.41, 5.74) is -0.475. The molecule has 3 rings (SSSR count). The van der Waals surface area contributed by atoms with E-state index in [4.69, 9.17) is 0 Å². The van der Waals surface area contributed by atoms with Crippen molar-refractivity contribution in [3.8, 4) is 0 Å². The van der Waals surface area contributed by atoms with Gasteiger partial charge in [0.1, 0.15) is 18.0 Å². The molecular weight excluding hydrogens is 282 g/mol. The van der Waals surface area contributed by atoms with Gasteiger partial charge in [0.2, 0.25) is 0 Å². The third-order valence-corrected chi connectivity index (χ3v) is 3.28. The van der Waals surface area contributed by atoms with Crippen LogP contribution in [0.3, 0.4) is 0 Å². The van der Waals surface area contributed by atoms with Crippen molar-refractivity contribution < 1.29 is 18.4 Å². The van der Waals surface area contributed by atoms with Gasteiger partial charge in [-0.1, -0.05) is 0 Å². The summed E-state index contributed by atoms with van der Waals surface area (Å²) in [5.74, 6) is -3.26. The quantitative estimate of drug-likeness (QED) is 0.800. The van der Waals surface area contributed by atoms with Crippen LogP contribution in [0.25, 0.3) is 0 Å². The summed E-state index contributed by atoms with van der Waals surface area (Å²) in [4.78, 5) is 28.7. The standard InChI is InChI=1S/C13H10F2N4O2/c1-2-19-10(16-6-17-19)5-18-11-8(12(20)13(18)21)3-7(14)4-9(11)15/h3-4,6H,2,5H2,1H3. The van der Waals surface area contributed by atoms with E-state index in [1.807, 2.05) is 6.92 Å². The van der Waals surface area contributed by atoms with Gasteiger partial charge in [0.15, 0.2) is 5.82 Å². The molecule has 21 heavy (non-hydrogen) atoms. The van der Waals surface area contributed by atoms with E-state index >= 15 is 0 Å². The maximum atomic E-state index is 13.9. The molecular formula is C13H10F2N4O2.